The van der Waals surface area contributed by atoms with E-state index in [1.807, 2.05) is 30.3 Å². The van der Waals surface area contributed by atoms with Gasteiger partial charge in [0, 0.05) is 6.54 Å². The van der Waals surface area contributed by atoms with E-state index in [1.54, 1.807) is 0 Å². The molecule has 0 saturated heterocycles. The Morgan fingerprint density at radius 1 is 1.11 bits per heavy atom. The first-order valence-electron chi connectivity index (χ1n) is 2.62. The van der Waals surface area contributed by atoms with Crippen LogP contribution in [-0.2, 0) is 6.54 Å². The topological polar surface area (TPSA) is 23.8 Å². The SMILES string of the molecule is S.[NH]Cc1ccccc1. The molecule has 0 heterocycles. The maximum Gasteiger partial charge on any atom is 0.0351 e. The van der Waals surface area contributed by atoms with Gasteiger partial charge in [-0.25, -0.2) is 0 Å². The van der Waals surface area contributed by atoms with Crippen molar-refractivity contribution >= 4 is 13.5 Å². The second-order valence-electron chi connectivity index (χ2n) is 1.66. The molecule has 0 spiro atoms. The molecule has 1 N–H and O–H groups in total. The van der Waals surface area contributed by atoms with Gasteiger partial charge < -0.3 is 0 Å². The van der Waals surface area contributed by atoms with Crippen molar-refractivity contribution in [2.45, 2.75) is 6.54 Å². The molecule has 9 heavy (non-hydrogen) atoms. The van der Waals surface area contributed by atoms with Gasteiger partial charge in [0.1, 0.15) is 0 Å². The van der Waals surface area contributed by atoms with Crippen LogP contribution >= 0.6 is 13.5 Å². The Labute approximate surface area is 62.3 Å². The van der Waals surface area contributed by atoms with Crippen LogP contribution in [0.15, 0.2) is 30.3 Å². The standard InChI is InChI=1S/C7H8N.H2S/c8-6-7-4-2-1-3-5-7;/h1-5,8H,6H2;1H2. The minimum absolute atomic E-state index is 0. The van der Waals surface area contributed by atoms with Crippen LogP contribution < -0.4 is 5.73 Å². The average Bonchev–Trinajstić information content (AvgIpc) is 1.90. The largest absolute Gasteiger partial charge is 0.253 e. The Kier molecular flexibility index (Phi) is 4.18. The van der Waals surface area contributed by atoms with E-state index in [-0.39, 0.29) is 13.5 Å². The minimum atomic E-state index is 0. The molecule has 1 rings (SSSR count). The molecule has 0 amide bonds. The fourth-order valence-corrected chi connectivity index (χ4v) is 0.596. The van der Waals surface area contributed by atoms with Crippen molar-refractivity contribution in [2.75, 3.05) is 0 Å². The van der Waals surface area contributed by atoms with E-state index in [4.69, 9.17) is 5.73 Å². The lowest BCUT2D eigenvalue weighted by Gasteiger charge is -1.89. The zero-order chi connectivity index (χ0) is 5.82. The van der Waals surface area contributed by atoms with Gasteiger partial charge in [0.25, 0.3) is 0 Å². The Morgan fingerprint density at radius 2 is 1.67 bits per heavy atom. The van der Waals surface area contributed by atoms with E-state index in [1.165, 1.54) is 0 Å². The van der Waals surface area contributed by atoms with Crippen LogP contribution in [0.4, 0.5) is 0 Å². The molecule has 49 valence electrons. The molecule has 0 aliphatic heterocycles. The Hall–Kier alpha value is -0.470. The second-order valence-corrected chi connectivity index (χ2v) is 1.66. The number of rotatable bonds is 1. The minimum Gasteiger partial charge on any atom is -0.253 e. The molecule has 0 unspecified atom stereocenters. The van der Waals surface area contributed by atoms with Crippen LogP contribution in [0, 0.1) is 0 Å². The van der Waals surface area contributed by atoms with E-state index in [0.717, 1.165) is 5.56 Å². The van der Waals surface area contributed by atoms with E-state index in [0.29, 0.717) is 6.54 Å². The maximum absolute atomic E-state index is 6.94. The highest BCUT2D eigenvalue weighted by Gasteiger charge is 1.80. The molecule has 1 nitrogen and oxygen atoms in total. The quantitative estimate of drug-likeness (QED) is 0.565. The maximum atomic E-state index is 6.94. The van der Waals surface area contributed by atoms with Crippen molar-refractivity contribution in [2.24, 2.45) is 0 Å². The molecule has 0 saturated carbocycles. The van der Waals surface area contributed by atoms with Crippen LogP contribution in [-0.4, -0.2) is 0 Å². The summed E-state index contributed by atoms with van der Waals surface area (Å²) in [5, 5.41) is 0. The molecule has 0 aliphatic carbocycles. The van der Waals surface area contributed by atoms with Crippen molar-refractivity contribution in [3.63, 3.8) is 0 Å². The summed E-state index contributed by atoms with van der Waals surface area (Å²) < 4.78 is 0. The first-order chi connectivity index (χ1) is 3.93. The van der Waals surface area contributed by atoms with Gasteiger partial charge in [0.2, 0.25) is 0 Å². The highest BCUT2D eigenvalue weighted by Crippen LogP contribution is 1.94. The molecule has 0 fully saturated rings. The number of hydrogen-bond donors (Lipinski definition) is 0. The van der Waals surface area contributed by atoms with Crippen molar-refractivity contribution in [1.29, 1.82) is 0 Å². The Bertz CT molecular complexity index is 150. The summed E-state index contributed by atoms with van der Waals surface area (Å²) in [5.74, 6) is 0. The molecular formula is C7H10NS. The van der Waals surface area contributed by atoms with Gasteiger partial charge in [0.15, 0.2) is 0 Å². The fourth-order valence-electron chi connectivity index (χ4n) is 0.596. The summed E-state index contributed by atoms with van der Waals surface area (Å²) in [7, 11) is 0. The molecule has 0 atom stereocenters. The molecule has 1 aromatic carbocycles. The molecule has 2 heteroatoms. The average molecular weight is 140 g/mol. The van der Waals surface area contributed by atoms with Crippen molar-refractivity contribution in [3.05, 3.63) is 35.9 Å². The van der Waals surface area contributed by atoms with E-state index in [2.05, 4.69) is 0 Å². The van der Waals surface area contributed by atoms with Crippen LogP contribution in [0.3, 0.4) is 0 Å². The molecular weight excluding hydrogens is 130 g/mol. The molecule has 0 aliphatic rings. The van der Waals surface area contributed by atoms with Crippen molar-refractivity contribution in [1.82, 2.24) is 5.73 Å². The third-order valence-electron chi connectivity index (χ3n) is 1.05. The number of nitrogens with one attached hydrogen (secondary N) is 1. The lowest BCUT2D eigenvalue weighted by atomic mass is 10.2. The number of hydrogen-bond acceptors (Lipinski definition) is 0. The van der Waals surface area contributed by atoms with Crippen molar-refractivity contribution < 1.29 is 0 Å². The van der Waals surface area contributed by atoms with Gasteiger partial charge >= 0.3 is 0 Å². The van der Waals surface area contributed by atoms with E-state index in [9.17, 15) is 0 Å². The van der Waals surface area contributed by atoms with Gasteiger partial charge in [-0.3, -0.25) is 5.73 Å². The van der Waals surface area contributed by atoms with Crippen LogP contribution in [0.5, 0.6) is 0 Å². The van der Waals surface area contributed by atoms with Crippen molar-refractivity contribution in [3.8, 4) is 0 Å². The van der Waals surface area contributed by atoms with Gasteiger partial charge in [-0.1, -0.05) is 30.3 Å². The summed E-state index contributed by atoms with van der Waals surface area (Å²) in [4.78, 5) is 0. The summed E-state index contributed by atoms with van der Waals surface area (Å²) in [6, 6.07) is 9.76. The Morgan fingerprint density at radius 3 is 2.00 bits per heavy atom. The summed E-state index contributed by atoms with van der Waals surface area (Å²) >= 11 is 0. The fraction of sp³-hybridized carbons (Fsp3) is 0.143. The van der Waals surface area contributed by atoms with E-state index >= 15 is 0 Å². The van der Waals surface area contributed by atoms with Gasteiger partial charge in [0.05, 0.1) is 0 Å². The third kappa shape index (κ3) is 2.54. The summed E-state index contributed by atoms with van der Waals surface area (Å²) in [6.07, 6.45) is 0. The van der Waals surface area contributed by atoms with Gasteiger partial charge in [-0.15, -0.1) is 0 Å². The summed E-state index contributed by atoms with van der Waals surface area (Å²) in [5.41, 5.74) is 8.02. The predicted octanol–water partition coefficient (Wildman–Crippen LogP) is 1.58. The van der Waals surface area contributed by atoms with Crippen LogP contribution in [0.2, 0.25) is 0 Å². The van der Waals surface area contributed by atoms with Gasteiger partial charge in [-0.05, 0) is 5.56 Å². The zero-order valence-electron chi connectivity index (χ0n) is 5.09. The molecule has 1 radical (unpaired) electrons. The molecule has 0 aromatic heterocycles. The smallest absolute Gasteiger partial charge is 0.0351 e. The summed E-state index contributed by atoms with van der Waals surface area (Å²) in [6.45, 7) is 0.390. The predicted molar refractivity (Wildman–Crippen MR) is 43.6 cm³/mol. The first-order valence-corrected chi connectivity index (χ1v) is 2.62. The highest BCUT2D eigenvalue weighted by molar-refractivity contribution is 7.59. The molecule has 1 aromatic rings. The lowest BCUT2D eigenvalue weighted by molar-refractivity contribution is 1.03. The van der Waals surface area contributed by atoms with Crippen LogP contribution in [0.25, 0.3) is 0 Å². The lowest BCUT2D eigenvalue weighted by Crippen LogP contribution is -1.80. The first kappa shape index (κ1) is 8.53. The monoisotopic (exact) mass is 140 g/mol. The Balaban J connectivity index is 0.000000640. The highest BCUT2D eigenvalue weighted by atomic mass is 32.1. The number of benzene rings is 1. The molecule has 0 bridgehead atoms. The second kappa shape index (κ2) is 4.41. The van der Waals surface area contributed by atoms with Crippen LogP contribution in [0.1, 0.15) is 5.56 Å². The third-order valence-corrected chi connectivity index (χ3v) is 1.05. The zero-order valence-corrected chi connectivity index (χ0v) is 6.09. The van der Waals surface area contributed by atoms with E-state index < -0.39 is 0 Å². The normalized spacial score (nSPS) is 8.11. The van der Waals surface area contributed by atoms with Gasteiger partial charge in [-0.2, -0.15) is 13.5 Å².